The van der Waals surface area contributed by atoms with E-state index in [1.807, 2.05) is 12.1 Å². The van der Waals surface area contributed by atoms with E-state index >= 15 is 0 Å². The molecule has 0 saturated carbocycles. The third-order valence-electron chi connectivity index (χ3n) is 3.17. The molecular weight excluding hydrogens is 392 g/mol. The van der Waals surface area contributed by atoms with Gasteiger partial charge in [0, 0.05) is 21.5 Å². The van der Waals surface area contributed by atoms with Crippen molar-refractivity contribution in [3.05, 3.63) is 64.3 Å². The number of carbonyl (C=O) groups excluding carboxylic acids is 2. The molecule has 0 aliphatic rings. The van der Waals surface area contributed by atoms with E-state index in [2.05, 4.69) is 15.3 Å². The van der Waals surface area contributed by atoms with Gasteiger partial charge in [0.2, 0.25) is 5.91 Å². The summed E-state index contributed by atoms with van der Waals surface area (Å²) >= 11 is 8.50. The van der Waals surface area contributed by atoms with E-state index in [1.165, 1.54) is 23.1 Å². The summed E-state index contributed by atoms with van der Waals surface area (Å²) in [7, 11) is 0. The van der Waals surface area contributed by atoms with Crippen molar-refractivity contribution in [1.82, 2.24) is 9.97 Å². The Kier molecular flexibility index (Phi) is 5.87. The molecule has 6 nitrogen and oxygen atoms in total. The summed E-state index contributed by atoms with van der Waals surface area (Å²) in [5.74, 6) is -0.795. The average Bonchev–Trinajstić information content (AvgIpc) is 3.03. The second kappa shape index (κ2) is 8.31. The van der Waals surface area contributed by atoms with Crippen LogP contribution >= 0.6 is 34.7 Å². The largest absolute Gasteiger partial charge is 0.369 e. The minimum Gasteiger partial charge on any atom is -0.369 e. The molecule has 0 aliphatic carbocycles. The molecule has 0 aliphatic heterocycles. The van der Waals surface area contributed by atoms with Gasteiger partial charge in [0.25, 0.3) is 5.91 Å². The summed E-state index contributed by atoms with van der Waals surface area (Å²) < 4.78 is 0. The van der Waals surface area contributed by atoms with Crippen molar-refractivity contribution in [3.8, 4) is 0 Å². The lowest BCUT2D eigenvalue weighted by molar-refractivity contribution is -0.117. The van der Waals surface area contributed by atoms with E-state index in [-0.39, 0.29) is 12.3 Å². The molecule has 0 radical (unpaired) electrons. The smallest absolute Gasteiger partial charge is 0.260 e. The zero-order valence-electron chi connectivity index (χ0n) is 13.3. The van der Waals surface area contributed by atoms with Gasteiger partial charge in [-0.25, -0.2) is 9.97 Å². The van der Waals surface area contributed by atoms with Crippen LogP contribution in [0, 0.1) is 0 Å². The van der Waals surface area contributed by atoms with Gasteiger partial charge in [-0.2, -0.15) is 0 Å². The highest BCUT2D eigenvalue weighted by molar-refractivity contribution is 7.99. The summed E-state index contributed by atoms with van der Waals surface area (Å²) in [4.78, 5) is 32.9. The summed E-state index contributed by atoms with van der Waals surface area (Å²) in [6.07, 6.45) is 1.67. The fourth-order valence-electron chi connectivity index (χ4n) is 2.05. The Morgan fingerprint density at radius 1 is 1.23 bits per heavy atom. The number of aromatic nitrogens is 2. The summed E-state index contributed by atoms with van der Waals surface area (Å²) in [5, 5.41) is 6.03. The van der Waals surface area contributed by atoms with Gasteiger partial charge < -0.3 is 5.73 Å². The van der Waals surface area contributed by atoms with Gasteiger partial charge in [-0.3, -0.25) is 14.9 Å². The predicted molar refractivity (Wildman–Crippen MR) is 103 cm³/mol. The first-order valence-electron chi connectivity index (χ1n) is 7.44. The number of hydrogen-bond acceptors (Lipinski definition) is 6. The standard InChI is InChI=1S/C17H13ClN4O2S2/c18-10-3-5-12(6-4-10)26-16-13(2-1-7-20-16)15(24)22-17-21-11(9-25-17)8-14(19)23/h1-7,9H,8H2,(H2,19,23)(H,21,22,24). The van der Waals surface area contributed by atoms with Crippen LogP contribution in [-0.2, 0) is 11.2 Å². The first-order chi connectivity index (χ1) is 12.5. The third-order valence-corrected chi connectivity index (χ3v) is 5.26. The van der Waals surface area contributed by atoms with E-state index in [1.54, 1.807) is 35.8 Å². The molecular formula is C17H13ClN4O2S2. The maximum Gasteiger partial charge on any atom is 0.260 e. The zero-order valence-corrected chi connectivity index (χ0v) is 15.7. The number of nitrogens with one attached hydrogen (secondary N) is 1. The highest BCUT2D eigenvalue weighted by Gasteiger charge is 2.15. The lowest BCUT2D eigenvalue weighted by Crippen LogP contribution is -2.15. The first kappa shape index (κ1) is 18.4. The minimum absolute atomic E-state index is 0.0386. The Bertz CT molecular complexity index is 944. The number of anilines is 1. The average molecular weight is 405 g/mol. The first-order valence-corrected chi connectivity index (χ1v) is 9.51. The van der Waals surface area contributed by atoms with Crippen LogP contribution in [-0.4, -0.2) is 21.8 Å². The van der Waals surface area contributed by atoms with Gasteiger partial charge in [0.1, 0.15) is 5.03 Å². The van der Waals surface area contributed by atoms with Gasteiger partial charge in [-0.05, 0) is 36.4 Å². The van der Waals surface area contributed by atoms with Crippen LogP contribution < -0.4 is 11.1 Å². The van der Waals surface area contributed by atoms with E-state index in [0.717, 1.165) is 4.90 Å². The number of nitrogens with zero attached hydrogens (tertiary/aromatic N) is 2. The van der Waals surface area contributed by atoms with Crippen LogP contribution in [0.3, 0.4) is 0 Å². The van der Waals surface area contributed by atoms with Gasteiger partial charge in [0.05, 0.1) is 17.7 Å². The zero-order chi connectivity index (χ0) is 18.5. The highest BCUT2D eigenvalue weighted by Crippen LogP contribution is 2.30. The number of hydrogen-bond donors (Lipinski definition) is 2. The predicted octanol–water partition coefficient (Wildman–Crippen LogP) is 3.62. The van der Waals surface area contributed by atoms with Crippen molar-refractivity contribution >= 4 is 51.6 Å². The number of amides is 2. The number of pyridine rings is 1. The fourth-order valence-corrected chi connectivity index (χ4v) is 3.76. The molecule has 2 aromatic heterocycles. The lowest BCUT2D eigenvalue weighted by Gasteiger charge is -2.07. The number of rotatable bonds is 6. The second-order valence-corrected chi connectivity index (χ2v) is 7.51. The van der Waals surface area contributed by atoms with E-state index < -0.39 is 5.91 Å². The molecule has 132 valence electrons. The van der Waals surface area contributed by atoms with Crippen molar-refractivity contribution in [1.29, 1.82) is 0 Å². The lowest BCUT2D eigenvalue weighted by atomic mass is 10.3. The summed E-state index contributed by atoms with van der Waals surface area (Å²) in [6, 6.07) is 10.7. The maximum atomic E-state index is 12.6. The van der Waals surface area contributed by atoms with Gasteiger partial charge in [-0.15, -0.1) is 11.3 Å². The van der Waals surface area contributed by atoms with Crippen LogP contribution in [0.15, 0.2) is 57.9 Å². The number of primary amides is 1. The van der Waals surface area contributed by atoms with Crippen LogP contribution in [0.1, 0.15) is 16.1 Å². The molecule has 2 heterocycles. The Balaban J connectivity index is 1.76. The molecule has 26 heavy (non-hydrogen) atoms. The van der Waals surface area contributed by atoms with E-state index in [0.29, 0.717) is 26.4 Å². The number of halogens is 1. The van der Waals surface area contributed by atoms with E-state index in [4.69, 9.17) is 17.3 Å². The Labute approximate surface area is 162 Å². The molecule has 9 heteroatoms. The van der Waals surface area contributed by atoms with Crippen molar-refractivity contribution in [2.75, 3.05) is 5.32 Å². The van der Waals surface area contributed by atoms with E-state index in [9.17, 15) is 9.59 Å². The monoisotopic (exact) mass is 404 g/mol. The van der Waals surface area contributed by atoms with Gasteiger partial charge in [0.15, 0.2) is 5.13 Å². The molecule has 0 bridgehead atoms. The topological polar surface area (TPSA) is 98.0 Å². The molecule has 0 fully saturated rings. The molecule has 0 atom stereocenters. The molecule has 0 unspecified atom stereocenters. The molecule has 0 spiro atoms. The van der Waals surface area contributed by atoms with Crippen molar-refractivity contribution in [2.24, 2.45) is 5.73 Å². The molecule has 1 aromatic carbocycles. The SMILES string of the molecule is NC(=O)Cc1csc(NC(=O)c2cccnc2Sc2ccc(Cl)cc2)n1. The molecule has 2 amide bonds. The molecule has 3 aromatic rings. The maximum absolute atomic E-state index is 12.6. The van der Waals surface area contributed by atoms with Crippen LogP contribution in [0.2, 0.25) is 5.02 Å². The Morgan fingerprint density at radius 2 is 2.00 bits per heavy atom. The Hall–Kier alpha value is -2.42. The number of thiazole rings is 1. The quantitative estimate of drug-likeness (QED) is 0.653. The normalized spacial score (nSPS) is 10.5. The summed E-state index contributed by atoms with van der Waals surface area (Å²) in [6.45, 7) is 0. The third kappa shape index (κ3) is 4.81. The van der Waals surface area contributed by atoms with Crippen LogP contribution in [0.5, 0.6) is 0 Å². The molecule has 3 N–H and O–H groups in total. The fraction of sp³-hybridized carbons (Fsp3) is 0.0588. The van der Waals surface area contributed by atoms with Crippen molar-refractivity contribution < 1.29 is 9.59 Å². The van der Waals surface area contributed by atoms with Gasteiger partial charge >= 0.3 is 0 Å². The number of benzene rings is 1. The number of carbonyl (C=O) groups is 2. The molecule has 3 rings (SSSR count). The Morgan fingerprint density at radius 3 is 2.73 bits per heavy atom. The van der Waals surface area contributed by atoms with Crippen molar-refractivity contribution in [3.63, 3.8) is 0 Å². The van der Waals surface area contributed by atoms with Crippen LogP contribution in [0.25, 0.3) is 0 Å². The van der Waals surface area contributed by atoms with Crippen LogP contribution in [0.4, 0.5) is 5.13 Å². The minimum atomic E-state index is -0.470. The highest BCUT2D eigenvalue weighted by atomic mass is 35.5. The van der Waals surface area contributed by atoms with Crippen molar-refractivity contribution in [2.45, 2.75) is 16.3 Å². The number of nitrogens with two attached hydrogens (primary N) is 1. The summed E-state index contributed by atoms with van der Waals surface area (Å²) in [5.41, 5.74) is 6.10. The second-order valence-electron chi connectivity index (χ2n) is 5.15. The van der Waals surface area contributed by atoms with Gasteiger partial charge in [-0.1, -0.05) is 23.4 Å². The molecule has 0 saturated heterocycles.